The van der Waals surface area contributed by atoms with Crippen LogP contribution in [0, 0.1) is 0 Å². The van der Waals surface area contributed by atoms with Crippen molar-refractivity contribution in [2.45, 2.75) is 30.9 Å². The van der Waals surface area contributed by atoms with Crippen molar-refractivity contribution in [2.75, 3.05) is 17.5 Å². The summed E-state index contributed by atoms with van der Waals surface area (Å²) in [6.07, 6.45) is 1.49. The van der Waals surface area contributed by atoms with Gasteiger partial charge in [-0.1, -0.05) is 60.9 Å². The predicted octanol–water partition coefficient (Wildman–Crippen LogP) is 4.19. The van der Waals surface area contributed by atoms with E-state index < -0.39 is 6.10 Å². The highest BCUT2D eigenvalue weighted by molar-refractivity contribution is 8.16. The van der Waals surface area contributed by atoms with Crippen LogP contribution in [-0.2, 0) is 4.74 Å². The molecule has 0 saturated heterocycles. The van der Waals surface area contributed by atoms with E-state index in [1.54, 1.807) is 0 Å². The summed E-state index contributed by atoms with van der Waals surface area (Å²) < 4.78 is 8.11. The van der Waals surface area contributed by atoms with Crippen molar-refractivity contribution in [3.8, 4) is 0 Å². The Balaban J connectivity index is 0.00000261. The third-order valence-corrected chi connectivity index (χ3v) is 5.83. The van der Waals surface area contributed by atoms with Crippen molar-refractivity contribution in [1.29, 1.82) is 0 Å². The first-order valence-electron chi connectivity index (χ1n) is 8.87. The van der Waals surface area contributed by atoms with E-state index in [-0.39, 0.29) is 29.7 Å². The molecule has 2 unspecified atom stereocenters. The number of halogens is 1. The van der Waals surface area contributed by atoms with E-state index in [1.165, 1.54) is 4.90 Å². The van der Waals surface area contributed by atoms with Crippen LogP contribution in [0.15, 0.2) is 77.5 Å². The van der Waals surface area contributed by atoms with Crippen LogP contribution in [-0.4, -0.2) is 35.8 Å². The Hall–Kier alpha value is -1.79. The largest absolute Gasteiger partial charge is 0.489 e. The van der Waals surface area contributed by atoms with Gasteiger partial charge in [0.05, 0.1) is 11.9 Å². The molecule has 3 rings (SSSR count). The van der Waals surface area contributed by atoms with Crippen LogP contribution in [0.1, 0.15) is 13.8 Å². The SMILES string of the molecule is CC(C)NCC(O)COC1=CN(c2ccccc2)S(c2ccccc2)=C1.Cl. The Morgan fingerprint density at radius 3 is 2.30 bits per heavy atom. The van der Waals surface area contributed by atoms with E-state index in [1.807, 2.05) is 30.5 Å². The lowest BCUT2D eigenvalue weighted by atomic mass is 10.3. The van der Waals surface area contributed by atoms with Crippen molar-refractivity contribution in [1.82, 2.24) is 5.32 Å². The van der Waals surface area contributed by atoms with Gasteiger partial charge < -0.3 is 15.2 Å². The number of benzene rings is 2. The maximum absolute atomic E-state index is 10.1. The number of ether oxygens (including phenoxy) is 1. The van der Waals surface area contributed by atoms with Crippen molar-refractivity contribution in [3.05, 3.63) is 72.6 Å². The number of para-hydroxylation sites is 1. The molecule has 0 aromatic heterocycles. The standard InChI is InChI=1S/C21H26N2O2S.ClH/c1-17(2)22-13-19(24)15-25-20-14-23(18-9-5-3-6-10-18)26(16-20)21-11-7-4-8-12-21;/h3-12,14,16-17,19,22,24H,13,15H2,1-2H3;1H. The average Bonchev–Trinajstić information content (AvgIpc) is 3.10. The fourth-order valence-electron chi connectivity index (χ4n) is 2.57. The normalized spacial score (nSPS) is 17.1. The molecule has 0 aliphatic carbocycles. The van der Waals surface area contributed by atoms with Gasteiger partial charge in [0.1, 0.15) is 18.5 Å². The minimum Gasteiger partial charge on any atom is -0.489 e. The zero-order chi connectivity index (χ0) is 18.4. The molecule has 0 saturated carbocycles. The zero-order valence-electron chi connectivity index (χ0n) is 15.6. The van der Waals surface area contributed by atoms with E-state index in [0.717, 1.165) is 11.4 Å². The molecule has 1 aliphatic rings. The first-order chi connectivity index (χ1) is 12.6. The Morgan fingerprint density at radius 2 is 1.67 bits per heavy atom. The van der Waals surface area contributed by atoms with Gasteiger partial charge in [-0.15, -0.1) is 12.4 Å². The molecule has 0 spiro atoms. The molecule has 2 aromatic rings. The van der Waals surface area contributed by atoms with Gasteiger partial charge in [0.25, 0.3) is 0 Å². The lowest BCUT2D eigenvalue weighted by Gasteiger charge is -2.21. The molecule has 0 amide bonds. The van der Waals surface area contributed by atoms with Crippen molar-refractivity contribution < 1.29 is 9.84 Å². The van der Waals surface area contributed by atoms with Gasteiger partial charge in [0.15, 0.2) is 0 Å². The first-order valence-corrected chi connectivity index (χ1v) is 10.1. The van der Waals surface area contributed by atoms with Crippen molar-refractivity contribution in [3.63, 3.8) is 0 Å². The van der Waals surface area contributed by atoms with Gasteiger partial charge in [-0.05, 0) is 24.3 Å². The summed E-state index contributed by atoms with van der Waals surface area (Å²) in [6.45, 7) is 4.92. The van der Waals surface area contributed by atoms with Gasteiger partial charge in [-0.3, -0.25) is 4.31 Å². The van der Waals surface area contributed by atoms with Crippen molar-refractivity contribution >= 4 is 34.1 Å². The summed E-state index contributed by atoms with van der Waals surface area (Å²) in [5.41, 5.74) is 1.12. The van der Waals surface area contributed by atoms with Gasteiger partial charge >= 0.3 is 0 Å². The van der Waals surface area contributed by atoms with Crippen LogP contribution in [0.3, 0.4) is 0 Å². The lowest BCUT2D eigenvalue weighted by Crippen LogP contribution is -2.34. The monoisotopic (exact) mass is 406 g/mol. The molecule has 0 fully saturated rings. The summed E-state index contributed by atoms with van der Waals surface area (Å²) >= 11 is 0. The second kappa shape index (κ2) is 10.5. The second-order valence-corrected chi connectivity index (χ2v) is 8.20. The third kappa shape index (κ3) is 6.11. The zero-order valence-corrected chi connectivity index (χ0v) is 17.2. The minimum absolute atomic E-state index is 0. The fourth-order valence-corrected chi connectivity index (χ4v) is 4.40. The lowest BCUT2D eigenvalue weighted by molar-refractivity contribution is 0.0769. The summed E-state index contributed by atoms with van der Waals surface area (Å²) in [5.74, 6) is 0.796. The topological polar surface area (TPSA) is 44.7 Å². The number of hydrogen-bond acceptors (Lipinski definition) is 4. The molecule has 1 heterocycles. The van der Waals surface area contributed by atoms with Crippen molar-refractivity contribution in [2.24, 2.45) is 0 Å². The number of aliphatic hydroxyl groups is 1. The van der Waals surface area contributed by atoms with E-state index in [4.69, 9.17) is 4.74 Å². The number of rotatable bonds is 8. The minimum atomic E-state index is -0.531. The number of allylic oxidation sites excluding steroid dienone is 1. The molecule has 146 valence electrons. The van der Waals surface area contributed by atoms with Crippen LogP contribution >= 0.6 is 23.1 Å². The molecule has 27 heavy (non-hydrogen) atoms. The van der Waals surface area contributed by atoms with E-state index in [9.17, 15) is 5.11 Å². The number of anilines is 1. The van der Waals surface area contributed by atoms with E-state index in [2.05, 4.69) is 65.2 Å². The highest BCUT2D eigenvalue weighted by Gasteiger charge is 2.19. The van der Waals surface area contributed by atoms with Crippen LogP contribution < -0.4 is 9.62 Å². The maximum atomic E-state index is 10.1. The molecule has 6 heteroatoms. The number of hydrogen-bond donors (Lipinski definition) is 2. The molecular formula is C21H27ClN2O2S. The molecule has 2 N–H and O–H groups in total. The van der Waals surface area contributed by atoms with Gasteiger partial charge in [-0.25, -0.2) is 0 Å². The Labute approximate surface area is 170 Å². The Bertz CT molecular complexity index is 766. The summed E-state index contributed by atoms with van der Waals surface area (Å²) in [6, 6.07) is 21.0. The first kappa shape index (κ1) is 21.5. The summed E-state index contributed by atoms with van der Waals surface area (Å²) in [4.78, 5) is 1.23. The fraction of sp³-hybridized carbons (Fsp3) is 0.286. The number of aliphatic hydroxyl groups excluding tert-OH is 1. The highest BCUT2D eigenvalue weighted by Crippen LogP contribution is 2.39. The van der Waals surface area contributed by atoms with Crippen LogP contribution in [0.5, 0.6) is 0 Å². The van der Waals surface area contributed by atoms with Crippen LogP contribution in [0.25, 0.3) is 0 Å². The Kier molecular flexibility index (Phi) is 8.38. The Morgan fingerprint density at radius 1 is 1.04 bits per heavy atom. The molecule has 4 nitrogen and oxygen atoms in total. The second-order valence-electron chi connectivity index (χ2n) is 6.47. The summed E-state index contributed by atoms with van der Waals surface area (Å²) in [7, 11) is -0.242. The van der Waals surface area contributed by atoms with Gasteiger partial charge in [0, 0.05) is 22.8 Å². The smallest absolute Gasteiger partial charge is 0.144 e. The maximum Gasteiger partial charge on any atom is 0.144 e. The molecule has 2 aromatic carbocycles. The van der Waals surface area contributed by atoms with E-state index >= 15 is 0 Å². The molecule has 1 aliphatic heterocycles. The van der Waals surface area contributed by atoms with Crippen LogP contribution in [0.4, 0.5) is 5.69 Å². The molecular weight excluding hydrogens is 380 g/mol. The predicted molar refractivity (Wildman–Crippen MR) is 118 cm³/mol. The number of nitrogens with one attached hydrogen (secondary N) is 1. The van der Waals surface area contributed by atoms with E-state index in [0.29, 0.717) is 12.6 Å². The highest BCUT2D eigenvalue weighted by atomic mass is 35.5. The number of nitrogens with zero attached hydrogens (tertiary/aromatic N) is 1. The molecule has 0 radical (unpaired) electrons. The third-order valence-electron chi connectivity index (χ3n) is 3.88. The summed E-state index contributed by atoms with van der Waals surface area (Å²) in [5, 5.41) is 15.4. The van der Waals surface area contributed by atoms with Crippen LogP contribution in [0.2, 0.25) is 0 Å². The molecule has 2 atom stereocenters. The average molecular weight is 407 g/mol. The quantitative estimate of drug-likeness (QED) is 0.645. The molecule has 0 bridgehead atoms. The van der Waals surface area contributed by atoms with Gasteiger partial charge in [-0.2, -0.15) is 0 Å². The van der Waals surface area contributed by atoms with Gasteiger partial charge in [0.2, 0.25) is 0 Å².